The Labute approximate surface area is 160 Å². The van der Waals surface area contributed by atoms with Gasteiger partial charge in [-0.05, 0) is 6.92 Å². The van der Waals surface area contributed by atoms with Crippen LogP contribution in [0.1, 0.15) is 6.92 Å². The lowest BCUT2D eigenvalue weighted by molar-refractivity contribution is -0.179. The standard InChI is InChI=1S/C14H14F12O4/c1-2(13(27)28)14(29-11(25)7(19)3(15)5(17)9(21)22)30-12(26)8(20)4(16)6(18)10(23)24/h3-12H,1H3,(H,27,28). The average molecular weight is 474 g/mol. The van der Waals surface area contributed by atoms with Crippen molar-refractivity contribution in [2.75, 3.05) is 0 Å². The molecule has 0 rings (SSSR count). The van der Waals surface area contributed by atoms with E-state index < -0.39 is 80.1 Å². The van der Waals surface area contributed by atoms with Crippen LogP contribution >= 0.6 is 0 Å². The van der Waals surface area contributed by atoms with Crippen LogP contribution in [0.3, 0.4) is 0 Å². The van der Waals surface area contributed by atoms with Gasteiger partial charge in [-0.25, -0.2) is 48.7 Å². The lowest BCUT2D eigenvalue weighted by Crippen LogP contribution is -2.41. The van der Waals surface area contributed by atoms with E-state index in [4.69, 9.17) is 5.11 Å². The molecule has 0 bridgehead atoms. The van der Waals surface area contributed by atoms with E-state index in [1.165, 1.54) is 0 Å². The monoisotopic (exact) mass is 474 g/mol. The number of carbonyl (C=O) groups is 1. The summed E-state index contributed by atoms with van der Waals surface area (Å²) in [5.41, 5.74) is -1.41. The summed E-state index contributed by atoms with van der Waals surface area (Å²) in [5, 5.41) is 8.68. The molecule has 8 atom stereocenters. The minimum absolute atomic E-state index is 0.408. The van der Waals surface area contributed by atoms with Gasteiger partial charge in [0.1, 0.15) is 5.57 Å². The van der Waals surface area contributed by atoms with Crippen LogP contribution in [0.15, 0.2) is 11.5 Å². The third-order valence-corrected chi connectivity index (χ3v) is 3.27. The van der Waals surface area contributed by atoms with Crippen LogP contribution in [0.4, 0.5) is 52.7 Å². The molecule has 0 fully saturated rings. The first-order valence-corrected chi connectivity index (χ1v) is 7.59. The van der Waals surface area contributed by atoms with E-state index in [9.17, 15) is 57.5 Å². The minimum Gasteiger partial charge on any atom is -0.478 e. The number of hydrogen-bond acceptors (Lipinski definition) is 3. The number of alkyl halides is 12. The highest BCUT2D eigenvalue weighted by atomic mass is 19.3. The normalized spacial score (nSPS) is 20.0. The number of carboxylic acids is 1. The molecule has 0 aromatic carbocycles. The van der Waals surface area contributed by atoms with Crippen molar-refractivity contribution in [1.29, 1.82) is 0 Å². The second-order valence-corrected chi connectivity index (χ2v) is 5.49. The molecule has 0 aliphatic carbocycles. The van der Waals surface area contributed by atoms with Crippen molar-refractivity contribution in [3.8, 4) is 0 Å². The fourth-order valence-corrected chi connectivity index (χ4v) is 1.54. The second kappa shape index (κ2) is 12.0. The molecular weight excluding hydrogens is 460 g/mol. The highest BCUT2D eigenvalue weighted by Gasteiger charge is 2.44. The third-order valence-electron chi connectivity index (χ3n) is 3.27. The molecule has 0 aromatic rings. The Morgan fingerprint density at radius 1 is 0.600 bits per heavy atom. The topological polar surface area (TPSA) is 55.8 Å². The average Bonchev–Trinajstić information content (AvgIpc) is 2.68. The Balaban J connectivity index is 5.47. The zero-order valence-corrected chi connectivity index (χ0v) is 14.5. The zero-order valence-electron chi connectivity index (χ0n) is 14.5. The number of aliphatic carboxylic acids is 1. The molecule has 0 aliphatic rings. The lowest BCUT2D eigenvalue weighted by atomic mass is 10.1. The summed E-state index contributed by atoms with van der Waals surface area (Å²) in [5.74, 6) is -4.18. The van der Waals surface area contributed by atoms with Crippen molar-refractivity contribution in [3.63, 3.8) is 0 Å². The van der Waals surface area contributed by atoms with E-state index in [1.54, 1.807) is 0 Å². The number of rotatable bonds is 13. The number of halogens is 12. The van der Waals surface area contributed by atoms with E-state index in [0.717, 1.165) is 0 Å². The predicted octanol–water partition coefficient (Wildman–Crippen LogP) is 4.49. The molecule has 16 heteroatoms. The first kappa shape index (κ1) is 28.0. The van der Waals surface area contributed by atoms with E-state index in [0.29, 0.717) is 6.92 Å². The van der Waals surface area contributed by atoms with Crippen LogP contribution in [0.2, 0.25) is 0 Å². The van der Waals surface area contributed by atoms with E-state index in [-0.39, 0.29) is 0 Å². The molecule has 8 unspecified atom stereocenters. The van der Waals surface area contributed by atoms with E-state index in [1.807, 2.05) is 0 Å². The fraction of sp³-hybridized carbons (Fsp3) is 0.786. The Morgan fingerprint density at radius 3 is 1.13 bits per heavy atom. The van der Waals surface area contributed by atoms with Crippen LogP contribution in [0.5, 0.6) is 0 Å². The summed E-state index contributed by atoms with van der Waals surface area (Å²) >= 11 is 0. The van der Waals surface area contributed by atoms with Crippen molar-refractivity contribution < 1.29 is 72.1 Å². The maximum atomic E-state index is 13.6. The van der Waals surface area contributed by atoms with Gasteiger partial charge in [0.25, 0.3) is 31.5 Å². The zero-order chi connectivity index (χ0) is 23.9. The summed E-state index contributed by atoms with van der Waals surface area (Å²) < 4.78 is 161. The smallest absolute Gasteiger partial charge is 0.338 e. The molecule has 1 N–H and O–H groups in total. The molecule has 4 nitrogen and oxygen atoms in total. The first-order chi connectivity index (χ1) is 13.6. The maximum Gasteiger partial charge on any atom is 0.338 e. The molecule has 30 heavy (non-hydrogen) atoms. The molecule has 0 aromatic heterocycles. The van der Waals surface area contributed by atoms with Crippen molar-refractivity contribution in [1.82, 2.24) is 0 Å². The Kier molecular flexibility index (Phi) is 11.2. The number of carboxylic acid groups (broad SMARTS) is 1. The van der Waals surface area contributed by atoms with Crippen LogP contribution in [-0.4, -0.2) is 73.7 Å². The van der Waals surface area contributed by atoms with Crippen molar-refractivity contribution >= 4 is 5.97 Å². The second-order valence-electron chi connectivity index (χ2n) is 5.49. The predicted molar refractivity (Wildman–Crippen MR) is 73.7 cm³/mol. The van der Waals surface area contributed by atoms with Gasteiger partial charge >= 0.3 is 5.97 Å². The molecule has 0 saturated heterocycles. The Hall–Kier alpha value is -2.03. The molecule has 178 valence electrons. The first-order valence-electron chi connectivity index (χ1n) is 7.59. The Morgan fingerprint density at radius 2 is 0.900 bits per heavy atom. The van der Waals surface area contributed by atoms with Crippen molar-refractivity contribution in [2.24, 2.45) is 0 Å². The summed E-state index contributed by atoms with van der Waals surface area (Å²) in [6.07, 6.45) is -39.1. The van der Waals surface area contributed by atoms with E-state index in [2.05, 4.69) is 9.47 Å². The largest absolute Gasteiger partial charge is 0.478 e. The fourth-order valence-electron chi connectivity index (χ4n) is 1.54. The summed E-state index contributed by atoms with van der Waals surface area (Å²) in [6.45, 7) is 0.408. The van der Waals surface area contributed by atoms with Crippen LogP contribution in [-0.2, 0) is 14.3 Å². The molecule has 0 spiro atoms. The third kappa shape index (κ3) is 7.66. The van der Waals surface area contributed by atoms with Gasteiger partial charge in [0.15, 0.2) is 24.7 Å². The van der Waals surface area contributed by atoms with Gasteiger partial charge in [0.2, 0.25) is 12.3 Å². The highest BCUT2D eigenvalue weighted by Crippen LogP contribution is 2.28. The van der Waals surface area contributed by atoms with Gasteiger partial charge in [0, 0.05) is 0 Å². The summed E-state index contributed by atoms with van der Waals surface area (Å²) in [4.78, 5) is 10.8. The Bertz CT molecular complexity index is 541. The molecule has 0 saturated carbocycles. The number of ether oxygens (including phenoxy) is 2. The molecule has 0 aliphatic heterocycles. The van der Waals surface area contributed by atoms with E-state index >= 15 is 0 Å². The van der Waals surface area contributed by atoms with Crippen LogP contribution < -0.4 is 0 Å². The van der Waals surface area contributed by atoms with Gasteiger partial charge in [0.05, 0.1) is 0 Å². The quantitative estimate of drug-likeness (QED) is 0.243. The summed E-state index contributed by atoms with van der Waals surface area (Å²) in [6, 6.07) is 0. The maximum absolute atomic E-state index is 13.6. The summed E-state index contributed by atoms with van der Waals surface area (Å²) in [7, 11) is 0. The SMILES string of the molecule is CC(C(=O)O)=C(OC(F)C(F)C(F)C(F)C(F)F)OC(F)C(F)C(F)C(F)C(F)F. The van der Waals surface area contributed by atoms with Crippen LogP contribution in [0, 0.1) is 0 Å². The van der Waals surface area contributed by atoms with Gasteiger partial charge in [-0.2, -0.15) is 8.78 Å². The molecule has 0 amide bonds. The van der Waals surface area contributed by atoms with Gasteiger partial charge in [-0.3, -0.25) is 0 Å². The van der Waals surface area contributed by atoms with Gasteiger partial charge in [-0.1, -0.05) is 0 Å². The van der Waals surface area contributed by atoms with Crippen molar-refractivity contribution in [2.45, 2.75) is 69.5 Å². The van der Waals surface area contributed by atoms with Crippen LogP contribution in [0.25, 0.3) is 0 Å². The number of hydrogen-bond donors (Lipinski definition) is 1. The molecular formula is C14H14F12O4. The lowest BCUT2D eigenvalue weighted by Gasteiger charge is -2.25. The van der Waals surface area contributed by atoms with Gasteiger partial charge < -0.3 is 14.6 Å². The minimum atomic E-state index is -4.11. The van der Waals surface area contributed by atoms with Gasteiger partial charge in [-0.15, -0.1) is 0 Å². The molecule has 0 radical (unpaired) electrons. The highest BCUT2D eigenvalue weighted by molar-refractivity contribution is 5.86. The molecule has 0 heterocycles. The van der Waals surface area contributed by atoms with Crippen molar-refractivity contribution in [3.05, 3.63) is 11.5 Å².